The summed E-state index contributed by atoms with van der Waals surface area (Å²) in [6.45, 7) is 5.13. The zero-order valence-electron chi connectivity index (χ0n) is 9.86. The zero-order chi connectivity index (χ0) is 10.8. The van der Waals surface area contributed by atoms with Crippen LogP contribution in [0.4, 0.5) is 0 Å². The van der Waals surface area contributed by atoms with Gasteiger partial charge in [-0.05, 0) is 18.8 Å². The van der Waals surface area contributed by atoms with Gasteiger partial charge < -0.3 is 5.32 Å². The molecule has 0 amide bonds. The molecule has 0 spiro atoms. The van der Waals surface area contributed by atoms with E-state index < -0.39 is 0 Å². The van der Waals surface area contributed by atoms with Crippen molar-refractivity contribution in [3.8, 4) is 0 Å². The van der Waals surface area contributed by atoms with Crippen LogP contribution in [0.5, 0.6) is 0 Å². The fraction of sp³-hybridized carbons (Fsp3) is 1.00. The fourth-order valence-electron chi connectivity index (χ4n) is 2.75. The van der Waals surface area contributed by atoms with Gasteiger partial charge in [0.1, 0.15) is 0 Å². The summed E-state index contributed by atoms with van der Waals surface area (Å²) < 4.78 is 0. The summed E-state index contributed by atoms with van der Waals surface area (Å²) in [7, 11) is 0. The molecule has 2 heterocycles. The van der Waals surface area contributed by atoms with Gasteiger partial charge in [-0.25, -0.2) is 0 Å². The summed E-state index contributed by atoms with van der Waals surface area (Å²) in [5.74, 6) is 5.13. The molecule has 2 aliphatic heterocycles. The van der Waals surface area contributed by atoms with Gasteiger partial charge in [-0.2, -0.15) is 23.5 Å². The van der Waals surface area contributed by atoms with Gasteiger partial charge in [0.25, 0.3) is 0 Å². The molecule has 1 aliphatic carbocycles. The van der Waals surface area contributed by atoms with Gasteiger partial charge in [-0.3, -0.25) is 4.90 Å². The minimum absolute atomic E-state index is 0.815. The molecule has 92 valence electrons. The third-order valence-corrected chi connectivity index (χ3v) is 6.65. The highest BCUT2D eigenvalue weighted by Gasteiger charge is 2.34. The fourth-order valence-corrected chi connectivity index (χ4v) is 5.47. The summed E-state index contributed by atoms with van der Waals surface area (Å²) in [4.78, 5) is 2.71. The molecular weight excluding hydrogens is 236 g/mol. The van der Waals surface area contributed by atoms with Crippen molar-refractivity contribution in [3.63, 3.8) is 0 Å². The average Bonchev–Trinajstić information content (AvgIpc) is 3.15. The van der Waals surface area contributed by atoms with Crippen molar-refractivity contribution < 1.29 is 0 Å². The van der Waals surface area contributed by atoms with Crippen LogP contribution in [-0.4, -0.2) is 59.6 Å². The van der Waals surface area contributed by atoms with Gasteiger partial charge in [0.05, 0.1) is 0 Å². The molecule has 0 radical (unpaired) electrons. The van der Waals surface area contributed by atoms with Crippen LogP contribution in [-0.2, 0) is 0 Å². The zero-order valence-corrected chi connectivity index (χ0v) is 11.5. The van der Waals surface area contributed by atoms with Crippen molar-refractivity contribution in [1.82, 2.24) is 10.2 Å². The first-order valence-corrected chi connectivity index (χ1v) is 8.77. The van der Waals surface area contributed by atoms with E-state index in [0.717, 1.165) is 17.2 Å². The number of hydrogen-bond donors (Lipinski definition) is 1. The summed E-state index contributed by atoms with van der Waals surface area (Å²) in [5, 5.41) is 4.59. The summed E-state index contributed by atoms with van der Waals surface area (Å²) in [5.41, 5.74) is 0. The molecule has 1 N–H and O–H groups in total. The lowest BCUT2D eigenvalue weighted by Gasteiger charge is -2.36. The number of hydrogen-bond acceptors (Lipinski definition) is 4. The first kappa shape index (κ1) is 11.7. The Morgan fingerprint density at radius 2 is 2.19 bits per heavy atom. The van der Waals surface area contributed by atoms with Gasteiger partial charge in [0.15, 0.2) is 0 Å². The van der Waals surface area contributed by atoms with Gasteiger partial charge in [0.2, 0.25) is 0 Å². The highest BCUT2D eigenvalue weighted by Crippen LogP contribution is 2.34. The number of piperazine rings is 1. The first-order valence-electron chi connectivity index (χ1n) is 6.57. The molecule has 4 heteroatoms. The van der Waals surface area contributed by atoms with Crippen LogP contribution in [0.15, 0.2) is 0 Å². The average molecular weight is 258 g/mol. The van der Waals surface area contributed by atoms with Gasteiger partial charge in [-0.15, -0.1) is 0 Å². The molecule has 0 bridgehead atoms. The predicted octanol–water partition coefficient (Wildman–Crippen LogP) is 1.52. The number of nitrogens with one attached hydrogen (secondary N) is 1. The lowest BCUT2D eigenvalue weighted by atomic mass is 10.1. The second kappa shape index (κ2) is 5.51. The summed E-state index contributed by atoms with van der Waals surface area (Å²) in [6.07, 6.45) is 2.94. The summed E-state index contributed by atoms with van der Waals surface area (Å²) in [6, 6.07) is 0.815. The molecule has 2 saturated heterocycles. The van der Waals surface area contributed by atoms with Crippen LogP contribution in [0.3, 0.4) is 0 Å². The van der Waals surface area contributed by atoms with Crippen LogP contribution in [0, 0.1) is 5.92 Å². The standard InChI is InChI=1S/C12H22N2S2/c1-2-10(1)12-8-14(4-3-13-12)7-11-9-15-5-6-16-11/h10-13H,1-9H2. The van der Waals surface area contributed by atoms with Crippen molar-refractivity contribution in [2.45, 2.75) is 24.1 Å². The Morgan fingerprint density at radius 3 is 2.94 bits per heavy atom. The Bertz CT molecular complexity index is 227. The maximum Gasteiger partial charge on any atom is 0.0265 e. The van der Waals surface area contributed by atoms with Gasteiger partial charge in [0, 0.05) is 54.7 Å². The smallest absolute Gasteiger partial charge is 0.0265 e. The molecule has 2 nitrogen and oxygen atoms in total. The van der Waals surface area contributed by atoms with Crippen molar-refractivity contribution in [2.75, 3.05) is 43.4 Å². The Labute approximate surface area is 107 Å². The molecule has 16 heavy (non-hydrogen) atoms. The number of nitrogens with zero attached hydrogens (tertiary/aromatic N) is 1. The maximum atomic E-state index is 3.69. The number of thioether (sulfide) groups is 2. The van der Waals surface area contributed by atoms with Crippen molar-refractivity contribution in [3.05, 3.63) is 0 Å². The highest BCUT2D eigenvalue weighted by atomic mass is 32.2. The van der Waals surface area contributed by atoms with Crippen LogP contribution in [0.25, 0.3) is 0 Å². The minimum atomic E-state index is 0.815. The van der Waals surface area contributed by atoms with E-state index in [9.17, 15) is 0 Å². The topological polar surface area (TPSA) is 15.3 Å². The quantitative estimate of drug-likeness (QED) is 0.825. The molecular formula is C12H22N2S2. The Kier molecular flexibility index (Phi) is 4.03. The van der Waals surface area contributed by atoms with Crippen molar-refractivity contribution in [1.29, 1.82) is 0 Å². The monoisotopic (exact) mass is 258 g/mol. The molecule has 2 atom stereocenters. The molecule has 3 rings (SSSR count). The van der Waals surface area contributed by atoms with E-state index in [2.05, 4.69) is 33.7 Å². The van der Waals surface area contributed by atoms with Crippen LogP contribution >= 0.6 is 23.5 Å². The number of rotatable bonds is 3. The van der Waals surface area contributed by atoms with Gasteiger partial charge in [-0.1, -0.05) is 0 Å². The second-order valence-electron chi connectivity index (χ2n) is 5.23. The first-order chi connectivity index (χ1) is 7.92. The van der Waals surface area contributed by atoms with E-state index >= 15 is 0 Å². The normalized spacial score (nSPS) is 37.5. The third-order valence-electron chi connectivity index (χ3n) is 3.83. The second-order valence-corrected chi connectivity index (χ2v) is 7.78. The van der Waals surface area contributed by atoms with E-state index in [0.29, 0.717) is 0 Å². The molecule has 1 saturated carbocycles. The predicted molar refractivity (Wildman–Crippen MR) is 74.5 cm³/mol. The van der Waals surface area contributed by atoms with E-state index in [-0.39, 0.29) is 0 Å². The molecule has 2 unspecified atom stereocenters. The maximum absolute atomic E-state index is 3.69. The Balaban J connectivity index is 1.46. The molecule has 3 fully saturated rings. The van der Waals surface area contributed by atoms with E-state index in [1.807, 2.05) is 0 Å². The minimum Gasteiger partial charge on any atom is -0.311 e. The summed E-state index contributed by atoms with van der Waals surface area (Å²) >= 11 is 4.35. The Morgan fingerprint density at radius 1 is 1.25 bits per heavy atom. The van der Waals surface area contributed by atoms with Crippen molar-refractivity contribution >= 4 is 23.5 Å². The van der Waals surface area contributed by atoms with E-state index in [4.69, 9.17) is 0 Å². The van der Waals surface area contributed by atoms with Crippen LogP contribution in [0.2, 0.25) is 0 Å². The highest BCUT2D eigenvalue weighted by molar-refractivity contribution is 8.06. The van der Waals surface area contributed by atoms with Crippen LogP contribution < -0.4 is 5.32 Å². The van der Waals surface area contributed by atoms with E-state index in [1.165, 1.54) is 56.3 Å². The van der Waals surface area contributed by atoms with Gasteiger partial charge >= 0.3 is 0 Å². The molecule has 0 aromatic heterocycles. The lowest BCUT2D eigenvalue weighted by molar-refractivity contribution is 0.191. The molecule has 3 aliphatic rings. The van der Waals surface area contributed by atoms with Crippen LogP contribution in [0.1, 0.15) is 12.8 Å². The van der Waals surface area contributed by atoms with Crippen molar-refractivity contribution in [2.24, 2.45) is 5.92 Å². The Hall–Kier alpha value is 0.620. The molecule has 0 aromatic carbocycles. The third kappa shape index (κ3) is 3.09. The SMILES string of the molecule is C1CN(CC2CSCCS2)CC(C2CC2)N1. The molecule has 0 aromatic rings. The lowest BCUT2D eigenvalue weighted by Crippen LogP contribution is -2.53. The van der Waals surface area contributed by atoms with E-state index in [1.54, 1.807) is 0 Å². The largest absolute Gasteiger partial charge is 0.311 e.